The largest absolute Gasteiger partial charge is 0.368 e. The van der Waals surface area contributed by atoms with Crippen molar-refractivity contribution in [2.45, 2.75) is 43.9 Å². The average Bonchev–Trinajstić information content (AvgIpc) is 2.69. The number of likely N-dealkylation sites (tertiary alicyclic amines) is 1. The Morgan fingerprint density at radius 2 is 1.78 bits per heavy atom. The second-order valence-corrected chi connectivity index (χ2v) is 7.36. The van der Waals surface area contributed by atoms with Crippen LogP contribution in [-0.2, 0) is 16.1 Å². The minimum atomic E-state index is -0.624. The Morgan fingerprint density at radius 3 is 2.33 bits per heavy atom. The Morgan fingerprint density at radius 1 is 1.19 bits per heavy atom. The molecular formula is C20H33Cl2N3O2. The quantitative estimate of drug-likeness (QED) is 0.799. The summed E-state index contributed by atoms with van der Waals surface area (Å²) in [5.41, 5.74) is 0.736. The van der Waals surface area contributed by atoms with Gasteiger partial charge < -0.3 is 15.0 Å². The summed E-state index contributed by atoms with van der Waals surface area (Å²) in [5, 5.41) is 3.32. The van der Waals surface area contributed by atoms with Gasteiger partial charge in [-0.05, 0) is 44.3 Å². The zero-order chi connectivity index (χ0) is 17.7. The number of rotatable bonds is 5. The molecule has 27 heavy (non-hydrogen) atoms. The average molecular weight is 418 g/mol. The van der Waals surface area contributed by atoms with E-state index in [4.69, 9.17) is 4.74 Å². The first-order valence-electron chi connectivity index (χ1n) is 9.44. The van der Waals surface area contributed by atoms with Crippen LogP contribution in [0.4, 0.5) is 0 Å². The molecule has 5 nitrogen and oxygen atoms in total. The summed E-state index contributed by atoms with van der Waals surface area (Å²) in [4.78, 5) is 17.5. The lowest BCUT2D eigenvalue weighted by Gasteiger charge is -2.42. The molecule has 0 aromatic heterocycles. The lowest BCUT2D eigenvalue weighted by Crippen LogP contribution is -2.57. The van der Waals surface area contributed by atoms with Gasteiger partial charge >= 0.3 is 0 Å². The van der Waals surface area contributed by atoms with E-state index in [9.17, 15) is 4.79 Å². The Hall–Kier alpha value is -0.850. The van der Waals surface area contributed by atoms with Gasteiger partial charge in [-0.1, -0.05) is 30.3 Å². The first-order chi connectivity index (χ1) is 12.1. The predicted molar refractivity (Wildman–Crippen MR) is 114 cm³/mol. The predicted octanol–water partition coefficient (Wildman–Crippen LogP) is 2.72. The van der Waals surface area contributed by atoms with Crippen molar-refractivity contribution in [3.63, 3.8) is 0 Å². The number of benzene rings is 1. The van der Waals surface area contributed by atoms with Crippen molar-refractivity contribution in [2.24, 2.45) is 0 Å². The maximum atomic E-state index is 13.1. The van der Waals surface area contributed by atoms with Gasteiger partial charge in [-0.25, -0.2) is 0 Å². The third-order valence-electron chi connectivity index (χ3n) is 5.87. The molecule has 2 aliphatic heterocycles. The van der Waals surface area contributed by atoms with Gasteiger partial charge in [0.15, 0.2) is 0 Å². The highest BCUT2D eigenvalue weighted by Gasteiger charge is 2.43. The fourth-order valence-electron chi connectivity index (χ4n) is 4.13. The normalized spacial score (nSPS) is 20.2. The van der Waals surface area contributed by atoms with E-state index in [1.54, 1.807) is 7.11 Å². The SMILES string of the molecule is COC1(C(=O)N(C)C2CCN(Cc3ccccc3)CC2)CCNCC1.Cl.Cl. The number of ether oxygens (including phenoxy) is 1. The Balaban J connectivity index is 0.00000182. The van der Waals surface area contributed by atoms with Crippen LogP contribution in [0.3, 0.4) is 0 Å². The molecule has 1 aromatic rings. The number of piperidine rings is 2. The van der Waals surface area contributed by atoms with Crippen LogP contribution in [0, 0.1) is 0 Å². The molecule has 0 radical (unpaired) electrons. The van der Waals surface area contributed by atoms with Crippen LogP contribution in [-0.4, -0.2) is 67.7 Å². The molecule has 0 spiro atoms. The van der Waals surface area contributed by atoms with Crippen LogP contribution in [0.15, 0.2) is 30.3 Å². The first kappa shape index (κ1) is 24.2. The smallest absolute Gasteiger partial charge is 0.254 e. The maximum absolute atomic E-state index is 13.1. The zero-order valence-electron chi connectivity index (χ0n) is 16.4. The van der Waals surface area contributed by atoms with Gasteiger partial charge in [-0.2, -0.15) is 0 Å². The number of amides is 1. The van der Waals surface area contributed by atoms with E-state index in [2.05, 4.69) is 40.5 Å². The van der Waals surface area contributed by atoms with Gasteiger partial charge in [-0.3, -0.25) is 9.69 Å². The molecule has 1 N–H and O–H groups in total. The molecule has 2 fully saturated rings. The van der Waals surface area contributed by atoms with Crippen LogP contribution in [0.1, 0.15) is 31.2 Å². The van der Waals surface area contributed by atoms with Crippen molar-refractivity contribution in [1.82, 2.24) is 15.1 Å². The van der Waals surface area contributed by atoms with Gasteiger partial charge in [-0.15, -0.1) is 24.8 Å². The van der Waals surface area contributed by atoms with E-state index in [-0.39, 0.29) is 30.7 Å². The molecule has 2 aliphatic rings. The number of carbonyl (C=O) groups is 1. The van der Waals surface area contributed by atoms with E-state index < -0.39 is 5.60 Å². The minimum Gasteiger partial charge on any atom is -0.368 e. The Kier molecular flexibility index (Phi) is 10.1. The topological polar surface area (TPSA) is 44.8 Å². The maximum Gasteiger partial charge on any atom is 0.254 e. The van der Waals surface area contributed by atoms with Gasteiger partial charge in [0.05, 0.1) is 0 Å². The van der Waals surface area contributed by atoms with Crippen molar-refractivity contribution in [1.29, 1.82) is 0 Å². The summed E-state index contributed by atoms with van der Waals surface area (Å²) < 4.78 is 5.71. The molecular weight excluding hydrogens is 385 g/mol. The Bertz CT molecular complexity index is 560. The molecule has 0 aliphatic carbocycles. The van der Waals surface area contributed by atoms with Crippen molar-refractivity contribution >= 4 is 30.7 Å². The molecule has 0 unspecified atom stereocenters. The second kappa shape index (κ2) is 11.2. The number of hydrogen-bond donors (Lipinski definition) is 1. The number of halogens is 2. The van der Waals surface area contributed by atoms with Crippen LogP contribution in [0.2, 0.25) is 0 Å². The minimum absolute atomic E-state index is 0. The van der Waals surface area contributed by atoms with Crippen LogP contribution >= 0.6 is 24.8 Å². The van der Waals surface area contributed by atoms with Crippen LogP contribution in [0.25, 0.3) is 0 Å². The van der Waals surface area contributed by atoms with Gasteiger partial charge in [0.25, 0.3) is 5.91 Å². The summed E-state index contributed by atoms with van der Waals surface area (Å²) in [6.45, 7) is 4.78. The van der Waals surface area contributed by atoms with E-state index in [0.717, 1.165) is 58.4 Å². The van der Waals surface area contributed by atoms with Crippen LogP contribution < -0.4 is 5.32 Å². The number of hydrogen-bond acceptors (Lipinski definition) is 4. The molecule has 0 atom stereocenters. The lowest BCUT2D eigenvalue weighted by atomic mass is 9.89. The Labute approximate surface area is 175 Å². The second-order valence-electron chi connectivity index (χ2n) is 7.36. The molecule has 3 rings (SSSR count). The van der Waals surface area contributed by atoms with Crippen molar-refractivity contribution in [2.75, 3.05) is 40.3 Å². The van der Waals surface area contributed by atoms with E-state index in [0.29, 0.717) is 6.04 Å². The third-order valence-corrected chi connectivity index (χ3v) is 5.87. The summed E-state index contributed by atoms with van der Waals surface area (Å²) in [5.74, 6) is 0.165. The monoisotopic (exact) mass is 417 g/mol. The summed E-state index contributed by atoms with van der Waals surface area (Å²) >= 11 is 0. The van der Waals surface area contributed by atoms with E-state index in [1.807, 2.05) is 11.9 Å². The number of likely N-dealkylation sites (N-methyl/N-ethyl adjacent to an activating group) is 1. The fraction of sp³-hybridized carbons (Fsp3) is 0.650. The molecule has 0 bridgehead atoms. The molecule has 1 aromatic carbocycles. The standard InChI is InChI=1S/C20H31N3O2.2ClH/c1-22(19(24)20(25-2)10-12-21-13-11-20)18-8-14-23(15-9-18)16-17-6-4-3-5-7-17;;/h3-7,18,21H,8-16H2,1-2H3;2*1H. The number of carbonyl (C=O) groups excluding carboxylic acids is 1. The van der Waals surface area contributed by atoms with Crippen molar-refractivity contribution < 1.29 is 9.53 Å². The summed E-state index contributed by atoms with van der Waals surface area (Å²) in [6.07, 6.45) is 3.60. The van der Waals surface area contributed by atoms with Crippen molar-refractivity contribution in [3.8, 4) is 0 Å². The zero-order valence-corrected chi connectivity index (χ0v) is 18.0. The van der Waals surface area contributed by atoms with Crippen LogP contribution in [0.5, 0.6) is 0 Å². The van der Waals surface area contributed by atoms with Gasteiger partial charge in [0.1, 0.15) is 5.60 Å². The fourth-order valence-corrected chi connectivity index (χ4v) is 4.13. The van der Waals surface area contributed by atoms with Crippen molar-refractivity contribution in [3.05, 3.63) is 35.9 Å². The lowest BCUT2D eigenvalue weighted by molar-refractivity contribution is -0.160. The molecule has 2 heterocycles. The number of methoxy groups -OCH3 is 1. The third kappa shape index (κ3) is 5.81. The van der Waals surface area contributed by atoms with E-state index >= 15 is 0 Å². The van der Waals surface area contributed by atoms with Gasteiger partial charge in [0, 0.05) is 39.8 Å². The molecule has 1 amide bonds. The molecule has 0 saturated carbocycles. The highest BCUT2D eigenvalue weighted by molar-refractivity contribution is 5.86. The number of nitrogens with zero attached hydrogens (tertiary/aromatic N) is 2. The molecule has 154 valence electrons. The molecule has 7 heteroatoms. The highest BCUT2D eigenvalue weighted by Crippen LogP contribution is 2.27. The highest BCUT2D eigenvalue weighted by atomic mass is 35.5. The first-order valence-corrected chi connectivity index (χ1v) is 9.44. The number of nitrogens with one attached hydrogen (secondary N) is 1. The van der Waals surface area contributed by atoms with E-state index in [1.165, 1.54) is 5.56 Å². The molecule has 2 saturated heterocycles. The summed E-state index contributed by atoms with van der Waals surface area (Å²) in [7, 11) is 3.64. The van der Waals surface area contributed by atoms with Gasteiger partial charge in [0.2, 0.25) is 0 Å². The summed E-state index contributed by atoms with van der Waals surface area (Å²) in [6, 6.07) is 10.9.